The molecule has 0 aromatic heterocycles. The number of benzene rings is 3. The molecule has 0 aliphatic carbocycles. The maximum atomic E-state index is 14.1. The monoisotopic (exact) mass is 472 g/mol. The van der Waals surface area contributed by atoms with E-state index in [1.54, 1.807) is 18.2 Å². The number of hydrogen-bond acceptors (Lipinski definition) is 3. The average molecular weight is 474 g/mol. The predicted octanol–water partition coefficient (Wildman–Crippen LogP) is 6.75. The first-order valence-electron chi connectivity index (χ1n) is 8.82. The van der Waals surface area contributed by atoms with Crippen LogP contribution in [0.25, 0.3) is 6.08 Å². The number of halogens is 3. The van der Waals surface area contributed by atoms with Crippen LogP contribution in [0.5, 0.6) is 11.5 Å². The number of rotatable bonds is 4. The largest absolute Gasteiger partial charge is 0.489 e. The fourth-order valence-corrected chi connectivity index (χ4v) is 3.57. The van der Waals surface area contributed by atoms with Crippen molar-refractivity contribution in [2.75, 3.05) is 0 Å². The average Bonchev–Trinajstić information content (AvgIpc) is 3.00. The minimum Gasteiger partial charge on any atom is -0.489 e. The minimum atomic E-state index is -0.521. The maximum absolute atomic E-state index is 14.1. The summed E-state index contributed by atoms with van der Waals surface area (Å²) in [4.78, 5) is 12.8. The van der Waals surface area contributed by atoms with Gasteiger partial charge in [-0.05, 0) is 54.5 Å². The first-order valence-corrected chi connectivity index (χ1v) is 9.99. The van der Waals surface area contributed by atoms with Crippen LogP contribution in [0.1, 0.15) is 27.0 Å². The summed E-state index contributed by atoms with van der Waals surface area (Å²) in [6.07, 6.45) is 1.34. The summed E-state index contributed by atoms with van der Waals surface area (Å²) in [5, 5.41) is 0.208. The Bertz CT molecular complexity index is 1120. The molecule has 0 saturated heterocycles. The fourth-order valence-electron chi connectivity index (χ4n) is 3.09. The number of fused-ring (bicyclic) bond motifs is 1. The highest BCUT2D eigenvalue weighted by atomic mass is 79.9. The lowest BCUT2D eigenvalue weighted by Gasteiger charge is -2.09. The molecule has 1 heterocycles. The van der Waals surface area contributed by atoms with E-state index >= 15 is 0 Å². The Balaban J connectivity index is 1.59. The predicted molar refractivity (Wildman–Crippen MR) is 114 cm³/mol. The third kappa shape index (κ3) is 4.07. The molecule has 0 amide bonds. The van der Waals surface area contributed by atoms with Crippen molar-refractivity contribution in [3.8, 4) is 11.5 Å². The topological polar surface area (TPSA) is 35.5 Å². The van der Waals surface area contributed by atoms with E-state index in [1.165, 1.54) is 18.2 Å². The van der Waals surface area contributed by atoms with Crippen molar-refractivity contribution in [2.45, 2.75) is 13.5 Å². The van der Waals surface area contributed by atoms with Crippen LogP contribution < -0.4 is 9.47 Å². The fraction of sp³-hybridized carbons (Fsp3) is 0.0870. The van der Waals surface area contributed by atoms with Gasteiger partial charge < -0.3 is 9.47 Å². The third-order valence-electron chi connectivity index (χ3n) is 4.54. The summed E-state index contributed by atoms with van der Waals surface area (Å²) in [6, 6.07) is 15.6. The number of allylic oxidation sites excluding steroid dienone is 1. The second-order valence-corrected chi connectivity index (χ2v) is 7.93. The Morgan fingerprint density at radius 3 is 2.66 bits per heavy atom. The minimum absolute atomic E-state index is 0.0279. The van der Waals surface area contributed by atoms with Crippen LogP contribution in [0.15, 0.2) is 64.8 Å². The van der Waals surface area contributed by atoms with Gasteiger partial charge in [0.05, 0.1) is 10.6 Å². The number of aryl methyl sites for hydroxylation is 1. The smallest absolute Gasteiger partial charge is 0.232 e. The van der Waals surface area contributed by atoms with Gasteiger partial charge in [0.1, 0.15) is 23.9 Å². The number of carbonyl (C=O) groups is 1. The lowest BCUT2D eigenvalue weighted by molar-refractivity contribution is 0.101. The molecule has 0 saturated carbocycles. The summed E-state index contributed by atoms with van der Waals surface area (Å²) < 4.78 is 26.6. The molecule has 146 valence electrons. The van der Waals surface area contributed by atoms with Crippen LogP contribution in [0.4, 0.5) is 4.39 Å². The maximum Gasteiger partial charge on any atom is 0.232 e. The van der Waals surface area contributed by atoms with Crippen LogP contribution in [0.3, 0.4) is 0 Å². The van der Waals surface area contributed by atoms with Crippen LogP contribution in [-0.4, -0.2) is 5.78 Å². The molecule has 1 aliphatic rings. The molecule has 29 heavy (non-hydrogen) atoms. The molecule has 3 aromatic carbocycles. The van der Waals surface area contributed by atoms with Gasteiger partial charge in [-0.15, -0.1) is 0 Å². The summed E-state index contributed by atoms with van der Waals surface area (Å²) in [7, 11) is 0. The Labute approximate surface area is 180 Å². The van der Waals surface area contributed by atoms with E-state index < -0.39 is 5.82 Å². The molecule has 1 aliphatic heterocycles. The van der Waals surface area contributed by atoms with Crippen LogP contribution >= 0.6 is 27.5 Å². The Morgan fingerprint density at radius 2 is 1.93 bits per heavy atom. The third-order valence-corrected chi connectivity index (χ3v) is 5.40. The molecule has 0 bridgehead atoms. The van der Waals surface area contributed by atoms with E-state index in [0.717, 1.165) is 15.6 Å². The van der Waals surface area contributed by atoms with Gasteiger partial charge in [-0.1, -0.05) is 45.7 Å². The lowest BCUT2D eigenvalue weighted by atomic mass is 10.0. The molecule has 3 nitrogen and oxygen atoms in total. The number of ketones is 1. The molecule has 0 spiro atoms. The van der Waals surface area contributed by atoms with E-state index in [1.807, 2.05) is 31.2 Å². The van der Waals surface area contributed by atoms with Crippen LogP contribution in [-0.2, 0) is 6.61 Å². The summed E-state index contributed by atoms with van der Waals surface area (Å²) in [5.41, 5.74) is 2.30. The van der Waals surface area contributed by atoms with Gasteiger partial charge in [-0.25, -0.2) is 4.39 Å². The first kappa shape index (κ1) is 19.7. The molecule has 0 atom stereocenters. The van der Waals surface area contributed by atoms with Crippen molar-refractivity contribution in [3.63, 3.8) is 0 Å². The van der Waals surface area contributed by atoms with Crippen molar-refractivity contribution in [1.82, 2.24) is 0 Å². The van der Waals surface area contributed by atoms with Crippen LogP contribution in [0, 0.1) is 12.7 Å². The molecule has 4 rings (SSSR count). The highest BCUT2D eigenvalue weighted by Crippen LogP contribution is 2.38. The Hall–Kier alpha value is -2.63. The van der Waals surface area contributed by atoms with E-state index in [-0.39, 0.29) is 22.1 Å². The molecule has 0 fully saturated rings. The first-order chi connectivity index (χ1) is 13.9. The van der Waals surface area contributed by atoms with Gasteiger partial charge in [0.2, 0.25) is 5.78 Å². The van der Waals surface area contributed by atoms with Gasteiger partial charge in [0.15, 0.2) is 5.76 Å². The van der Waals surface area contributed by atoms with Gasteiger partial charge >= 0.3 is 0 Å². The second kappa shape index (κ2) is 8.01. The molecule has 3 aromatic rings. The second-order valence-electron chi connectivity index (χ2n) is 6.60. The quantitative estimate of drug-likeness (QED) is 0.393. The molecule has 6 heteroatoms. The van der Waals surface area contributed by atoms with E-state index in [0.29, 0.717) is 23.7 Å². The van der Waals surface area contributed by atoms with Crippen molar-refractivity contribution in [1.29, 1.82) is 0 Å². The molecule has 0 N–H and O–H groups in total. The zero-order valence-electron chi connectivity index (χ0n) is 15.3. The molecule has 0 unspecified atom stereocenters. The zero-order chi connectivity index (χ0) is 20.5. The number of hydrogen-bond donors (Lipinski definition) is 0. The van der Waals surface area contributed by atoms with E-state index in [9.17, 15) is 9.18 Å². The molecular weight excluding hydrogens is 459 g/mol. The van der Waals surface area contributed by atoms with Gasteiger partial charge in [-0.3, -0.25) is 4.79 Å². The lowest BCUT2D eigenvalue weighted by Crippen LogP contribution is -2.00. The van der Waals surface area contributed by atoms with Gasteiger partial charge in [0, 0.05) is 16.1 Å². The normalized spacial score (nSPS) is 14.1. The summed E-state index contributed by atoms with van der Waals surface area (Å²) in [5.74, 6) is 0.172. The van der Waals surface area contributed by atoms with Crippen molar-refractivity contribution in [3.05, 3.63) is 97.9 Å². The highest BCUT2D eigenvalue weighted by Gasteiger charge is 2.30. The molecule has 0 radical (unpaired) electrons. The van der Waals surface area contributed by atoms with E-state index in [2.05, 4.69) is 15.9 Å². The van der Waals surface area contributed by atoms with Crippen LogP contribution in [0.2, 0.25) is 5.02 Å². The summed E-state index contributed by atoms with van der Waals surface area (Å²) in [6.45, 7) is 2.19. The zero-order valence-corrected chi connectivity index (χ0v) is 17.7. The van der Waals surface area contributed by atoms with Crippen molar-refractivity contribution in [2.24, 2.45) is 0 Å². The molecular formula is C23H15BrClFO3. The highest BCUT2D eigenvalue weighted by molar-refractivity contribution is 9.10. The SMILES string of the molecule is Cc1cc(OCc2ccc(Br)cc2)cc2c1C(=O)/C(=C/c1c(F)cccc1Cl)O2. The number of Topliss-reactive ketones (excluding diaryl/α,β-unsaturated/α-hetero) is 1. The van der Waals surface area contributed by atoms with Gasteiger partial charge in [0.25, 0.3) is 0 Å². The van der Waals surface area contributed by atoms with Crippen molar-refractivity contribution >= 4 is 39.4 Å². The number of ether oxygens (including phenoxy) is 2. The standard InChI is InChI=1S/C23H15BrClFO3/c1-13-9-16(28-12-14-5-7-15(24)8-6-14)10-20-22(13)23(27)21(29-20)11-17-18(25)3-2-4-19(17)26/h2-11H,12H2,1H3/b21-11-. The van der Waals surface area contributed by atoms with E-state index in [4.69, 9.17) is 21.1 Å². The van der Waals surface area contributed by atoms with Gasteiger partial charge in [-0.2, -0.15) is 0 Å². The number of carbonyl (C=O) groups excluding carboxylic acids is 1. The van der Waals surface area contributed by atoms with Crippen molar-refractivity contribution < 1.29 is 18.7 Å². The Morgan fingerprint density at radius 1 is 1.17 bits per heavy atom. The Kier molecular flexibility index (Phi) is 5.43. The summed E-state index contributed by atoms with van der Waals surface area (Å²) >= 11 is 9.46.